The molecule has 1 aromatic rings. The molecule has 4 fully saturated rings. The maximum Gasteiger partial charge on any atom is 0.412 e. The number of nitrogens with one attached hydrogen (secondary N) is 1. The molecule has 4 bridgehead atoms. The Balaban J connectivity index is 1.08. The number of aliphatic hydroxyl groups excluding tert-OH is 2. The van der Waals surface area contributed by atoms with Gasteiger partial charge in [0.25, 0.3) is 5.91 Å². The number of esters is 1. The molecule has 0 aliphatic heterocycles. The Morgan fingerprint density at radius 2 is 1.59 bits per heavy atom. The van der Waals surface area contributed by atoms with E-state index in [2.05, 4.69) is 5.32 Å². The van der Waals surface area contributed by atoms with Crippen LogP contribution in [0.2, 0.25) is 0 Å². The Morgan fingerprint density at radius 3 is 2.16 bits per heavy atom. The number of hydrogen-bond donors (Lipinski definition) is 6. The van der Waals surface area contributed by atoms with Crippen LogP contribution in [0.4, 0.5) is 16.2 Å². The number of benzene rings is 1. The number of hydrogen-bond acceptors (Lipinski definition) is 14. The molecular weight excluding hydrogens is 750 g/mol. The summed E-state index contributed by atoms with van der Waals surface area (Å²) in [5.74, 6) is -5.80. The lowest BCUT2D eigenvalue weighted by atomic mass is 9.49. The monoisotopic (exact) mass is 807 g/mol. The van der Waals surface area contributed by atoms with E-state index >= 15 is 0 Å². The van der Waals surface area contributed by atoms with Crippen LogP contribution in [0.3, 0.4) is 0 Å². The Bertz CT molecular complexity index is 1940. The first-order valence-electron chi connectivity index (χ1n) is 20.5. The number of ether oxygens (including phenoxy) is 2. The average Bonchev–Trinajstić information content (AvgIpc) is 3.14. The number of unbranched alkanes of at least 4 members (excludes halogenated alkanes) is 1. The largest absolute Gasteiger partial charge is 0.510 e. The minimum atomic E-state index is -2.75. The molecule has 58 heavy (non-hydrogen) atoms. The van der Waals surface area contributed by atoms with Crippen molar-refractivity contribution in [3.63, 3.8) is 0 Å². The highest BCUT2D eigenvalue weighted by Gasteiger charge is 2.63. The van der Waals surface area contributed by atoms with Gasteiger partial charge in [0.1, 0.15) is 22.8 Å². The van der Waals surface area contributed by atoms with E-state index in [-0.39, 0.29) is 48.7 Å². The highest BCUT2D eigenvalue weighted by atomic mass is 16.7. The Labute approximate surface area is 338 Å². The molecular formula is C42H57N5O11. The summed E-state index contributed by atoms with van der Waals surface area (Å²) < 4.78 is 11.0. The van der Waals surface area contributed by atoms with Gasteiger partial charge in [-0.15, -0.1) is 0 Å². The number of phenols is 1. The van der Waals surface area contributed by atoms with E-state index in [1.807, 2.05) is 6.92 Å². The number of aliphatic hydroxyl groups is 3. The zero-order valence-electron chi connectivity index (χ0n) is 34.0. The molecule has 0 radical (unpaired) electrons. The average molecular weight is 808 g/mol. The number of anilines is 2. The first-order valence-corrected chi connectivity index (χ1v) is 20.5. The van der Waals surface area contributed by atoms with Crippen molar-refractivity contribution in [2.75, 3.05) is 64.8 Å². The number of phenolic OH excluding ortho intramolecular Hbond substituents is 1. The van der Waals surface area contributed by atoms with Crippen molar-refractivity contribution in [2.24, 2.45) is 40.7 Å². The maximum atomic E-state index is 14.4. The standard InChI is InChI=1S/C42H57N5O11/c1-6-7-9-47(40(55)58-20-57-39(54)41-17-21-11-22(18-41)13-23(12-21)19-41)10-8-44-27-16-28(45(2)3)25-14-24-15-26-32(46(4)5)35(50)31(38(43)53)37(52)42(26,56)36(51)29(24)34(49)30(25)33(27)48/h16,21-24,26,32,44,48,50-51,56H,6-15,17-20H2,1-5H3,(H2,43,53)/t21?,22?,23?,24-,26-,32-,41?,42-/m0/s1. The SMILES string of the molecule is CCCCN(CCNc1cc(N(C)C)c2c(c1O)C(=O)C1=C(O)[C@]3(O)C(=O)C(C(N)=O)=C(O)[C@@H](N(C)C)[C@@H]3C[C@@H]1C2)C(=O)OCOC(=O)C12CC3CC(CC(C3)C1)C2. The van der Waals surface area contributed by atoms with Gasteiger partial charge in [0.15, 0.2) is 11.4 Å². The number of ketones is 2. The fraction of sp³-hybridized carbons (Fsp3) is 0.643. The van der Waals surface area contributed by atoms with Crippen molar-refractivity contribution in [2.45, 2.75) is 82.8 Å². The summed E-state index contributed by atoms with van der Waals surface area (Å²) in [6.07, 6.45) is 7.06. The maximum absolute atomic E-state index is 14.4. The Hall–Kier alpha value is -4.83. The summed E-state index contributed by atoms with van der Waals surface area (Å²) in [4.78, 5) is 71.8. The fourth-order valence-electron chi connectivity index (χ4n) is 11.5. The third-order valence-corrected chi connectivity index (χ3v) is 13.8. The number of amides is 2. The zero-order chi connectivity index (χ0) is 42.0. The highest BCUT2D eigenvalue weighted by Crippen LogP contribution is 2.60. The lowest BCUT2D eigenvalue weighted by Crippen LogP contribution is -2.63. The van der Waals surface area contributed by atoms with Gasteiger partial charge >= 0.3 is 12.1 Å². The first kappa shape index (κ1) is 41.3. The van der Waals surface area contributed by atoms with Crippen LogP contribution >= 0.6 is 0 Å². The second kappa shape index (κ2) is 15.4. The van der Waals surface area contributed by atoms with Gasteiger partial charge in [0.2, 0.25) is 12.6 Å². The molecule has 7 N–H and O–H groups in total. The van der Waals surface area contributed by atoms with Crippen molar-refractivity contribution in [3.05, 3.63) is 39.9 Å². The van der Waals surface area contributed by atoms with Crippen LogP contribution in [0, 0.1) is 35.0 Å². The van der Waals surface area contributed by atoms with Gasteiger partial charge < -0.3 is 50.8 Å². The van der Waals surface area contributed by atoms with Crippen molar-refractivity contribution >= 4 is 40.9 Å². The molecule has 7 aliphatic rings. The van der Waals surface area contributed by atoms with Crippen molar-refractivity contribution in [3.8, 4) is 5.75 Å². The Kier molecular flexibility index (Phi) is 11.0. The van der Waals surface area contributed by atoms with E-state index < -0.39 is 82.1 Å². The molecule has 0 unspecified atom stereocenters. The van der Waals surface area contributed by atoms with Gasteiger partial charge in [-0.1, -0.05) is 13.3 Å². The number of allylic oxidation sites excluding steroid dienone is 1. The molecule has 4 saturated carbocycles. The second-order valence-corrected chi connectivity index (χ2v) is 17.9. The number of nitrogens with zero attached hydrogens (tertiary/aromatic N) is 3. The predicted molar refractivity (Wildman–Crippen MR) is 211 cm³/mol. The first-order chi connectivity index (χ1) is 27.4. The minimum absolute atomic E-state index is 0.0233. The number of nitrogens with two attached hydrogens (primary N) is 1. The number of rotatable bonds is 13. The lowest BCUT2D eigenvalue weighted by molar-refractivity contribution is -0.179. The molecule has 16 nitrogen and oxygen atoms in total. The van der Waals surface area contributed by atoms with Crippen LogP contribution in [0.25, 0.3) is 0 Å². The normalized spacial score (nSPS) is 30.8. The topological polar surface area (TPSA) is 232 Å². The van der Waals surface area contributed by atoms with Crippen LogP contribution < -0.4 is 16.0 Å². The number of aromatic hydroxyl groups is 1. The van der Waals surface area contributed by atoms with E-state index in [4.69, 9.17) is 15.2 Å². The molecule has 16 heteroatoms. The van der Waals surface area contributed by atoms with E-state index in [1.165, 1.54) is 29.1 Å². The molecule has 7 aliphatic carbocycles. The number of fused-ring (bicyclic) bond motifs is 3. The quantitative estimate of drug-likeness (QED) is 0.0725. The number of Topliss-reactive ketones (excluding diaryl/α,β-unsaturated/α-hetero) is 2. The summed E-state index contributed by atoms with van der Waals surface area (Å²) in [6, 6.07) is 0.600. The fourth-order valence-corrected chi connectivity index (χ4v) is 11.5. The van der Waals surface area contributed by atoms with Crippen LogP contribution in [-0.2, 0) is 30.3 Å². The number of primary amides is 1. The second-order valence-electron chi connectivity index (χ2n) is 17.9. The van der Waals surface area contributed by atoms with Crippen LogP contribution in [-0.4, -0.2) is 126 Å². The van der Waals surface area contributed by atoms with E-state index in [0.717, 1.165) is 25.7 Å². The molecule has 0 saturated heterocycles. The van der Waals surface area contributed by atoms with Crippen molar-refractivity contribution < 1.29 is 53.9 Å². The highest BCUT2D eigenvalue weighted by molar-refractivity contribution is 6.25. The molecule has 2 amide bonds. The van der Waals surface area contributed by atoms with Gasteiger partial charge in [-0.25, -0.2) is 4.79 Å². The van der Waals surface area contributed by atoms with Crippen molar-refractivity contribution in [1.29, 1.82) is 0 Å². The molecule has 0 aromatic heterocycles. The predicted octanol–water partition coefficient (Wildman–Crippen LogP) is 3.55. The summed E-state index contributed by atoms with van der Waals surface area (Å²) in [7, 11) is 6.71. The third kappa shape index (κ3) is 6.75. The number of carbonyl (C=O) groups excluding carboxylic acids is 5. The number of likely N-dealkylation sites (N-methyl/N-ethyl adjacent to an activating group) is 1. The van der Waals surface area contributed by atoms with Gasteiger partial charge in [-0.2, -0.15) is 0 Å². The molecule has 0 heterocycles. The van der Waals surface area contributed by atoms with Gasteiger partial charge in [-0.3, -0.25) is 24.1 Å². The van der Waals surface area contributed by atoms with E-state index in [9.17, 15) is 44.4 Å². The third-order valence-electron chi connectivity index (χ3n) is 13.8. The van der Waals surface area contributed by atoms with E-state index in [1.54, 1.807) is 39.2 Å². The Morgan fingerprint density at radius 1 is 0.948 bits per heavy atom. The number of carbonyl (C=O) groups is 5. The van der Waals surface area contributed by atoms with Crippen molar-refractivity contribution in [1.82, 2.24) is 9.80 Å². The molecule has 4 atom stereocenters. The van der Waals surface area contributed by atoms with Gasteiger partial charge in [0.05, 0.1) is 22.7 Å². The van der Waals surface area contributed by atoms with Gasteiger partial charge in [0, 0.05) is 50.9 Å². The van der Waals surface area contributed by atoms with E-state index in [0.29, 0.717) is 42.0 Å². The summed E-state index contributed by atoms with van der Waals surface area (Å²) in [5.41, 5.74) is 2.24. The summed E-state index contributed by atoms with van der Waals surface area (Å²) in [6.45, 7) is 2.16. The molecule has 316 valence electrons. The summed E-state index contributed by atoms with van der Waals surface area (Å²) in [5, 5.41) is 49.5. The minimum Gasteiger partial charge on any atom is -0.510 e. The molecule has 0 spiro atoms. The molecule has 8 rings (SSSR count). The van der Waals surface area contributed by atoms with Crippen LogP contribution in [0.15, 0.2) is 28.7 Å². The zero-order valence-corrected chi connectivity index (χ0v) is 34.0. The molecule has 1 aromatic carbocycles. The van der Waals surface area contributed by atoms with Gasteiger partial charge in [-0.05, 0) is 107 Å². The van der Waals surface area contributed by atoms with Crippen LogP contribution in [0.5, 0.6) is 5.75 Å². The summed E-state index contributed by atoms with van der Waals surface area (Å²) >= 11 is 0. The lowest BCUT2D eigenvalue weighted by Gasteiger charge is -2.55. The van der Waals surface area contributed by atoms with Crippen LogP contribution in [0.1, 0.15) is 80.6 Å². The smallest absolute Gasteiger partial charge is 0.412 e.